The number of carbonyl (C=O) groups is 1. The number of hydrogen-bond donors (Lipinski definition) is 2. The lowest BCUT2D eigenvalue weighted by atomic mass is 10.2. The van der Waals surface area contributed by atoms with Gasteiger partial charge in [-0.25, -0.2) is 4.79 Å². The minimum Gasteiger partial charge on any atom is -0.330 e. The lowest BCUT2D eigenvalue weighted by Crippen LogP contribution is -2.32. The molecule has 0 fully saturated rings. The highest BCUT2D eigenvalue weighted by Crippen LogP contribution is 2.29. The predicted octanol–water partition coefficient (Wildman–Crippen LogP) is 3.30. The summed E-state index contributed by atoms with van der Waals surface area (Å²) in [6.45, 7) is 1.20. The van der Waals surface area contributed by atoms with Crippen molar-refractivity contribution in [2.24, 2.45) is 5.73 Å². The number of anilines is 1. The zero-order valence-electron chi connectivity index (χ0n) is 11.9. The summed E-state index contributed by atoms with van der Waals surface area (Å²) in [5.41, 5.74) is 4.97. The summed E-state index contributed by atoms with van der Waals surface area (Å²) in [5, 5.41) is 2.56. The highest BCUT2D eigenvalue weighted by molar-refractivity contribution is 5.89. The summed E-state index contributed by atoms with van der Waals surface area (Å²) in [6, 6.07) is 4.02. The maximum absolute atomic E-state index is 12.4. The number of amides is 2. The Morgan fingerprint density at radius 2 is 1.81 bits per heavy atom. The number of hydrogen-bond acceptors (Lipinski definition) is 2. The van der Waals surface area contributed by atoms with Crippen molar-refractivity contribution in [3.05, 3.63) is 29.8 Å². The van der Waals surface area contributed by atoms with Gasteiger partial charge in [0, 0.05) is 19.3 Å². The predicted molar refractivity (Wildman–Crippen MR) is 76.0 cm³/mol. The largest absolute Gasteiger partial charge is 0.416 e. The van der Waals surface area contributed by atoms with Crippen molar-refractivity contribution in [2.45, 2.75) is 25.4 Å². The maximum atomic E-state index is 12.4. The SMILES string of the molecule is CN(CCCCCN)C(=O)Nc1ccc(C(F)(F)F)cc1. The fourth-order valence-corrected chi connectivity index (χ4v) is 1.73. The molecule has 0 heterocycles. The molecule has 0 radical (unpaired) electrons. The van der Waals surface area contributed by atoms with Gasteiger partial charge >= 0.3 is 12.2 Å². The molecule has 1 aromatic rings. The van der Waals surface area contributed by atoms with E-state index in [0.29, 0.717) is 18.8 Å². The molecule has 0 saturated carbocycles. The first-order valence-corrected chi connectivity index (χ1v) is 6.74. The number of unbranched alkanes of at least 4 members (excludes halogenated alkanes) is 2. The Morgan fingerprint density at radius 1 is 1.19 bits per heavy atom. The molecule has 0 unspecified atom stereocenters. The van der Waals surface area contributed by atoms with Crippen molar-refractivity contribution in [1.82, 2.24) is 4.90 Å². The van der Waals surface area contributed by atoms with Crippen LogP contribution in [-0.2, 0) is 6.18 Å². The summed E-state index contributed by atoms with van der Waals surface area (Å²) >= 11 is 0. The van der Waals surface area contributed by atoms with Crippen LogP contribution in [0.2, 0.25) is 0 Å². The summed E-state index contributed by atoms with van der Waals surface area (Å²) in [5.74, 6) is 0. The Labute approximate surface area is 122 Å². The first-order chi connectivity index (χ1) is 9.84. The Bertz CT molecular complexity index is 446. The van der Waals surface area contributed by atoms with Crippen molar-refractivity contribution in [2.75, 3.05) is 25.5 Å². The van der Waals surface area contributed by atoms with Gasteiger partial charge in [-0.15, -0.1) is 0 Å². The van der Waals surface area contributed by atoms with Gasteiger partial charge in [-0.2, -0.15) is 13.2 Å². The Balaban J connectivity index is 2.47. The summed E-state index contributed by atoms with van der Waals surface area (Å²) in [6.07, 6.45) is -1.68. The van der Waals surface area contributed by atoms with Crippen LogP contribution in [0.15, 0.2) is 24.3 Å². The highest BCUT2D eigenvalue weighted by atomic mass is 19.4. The number of rotatable bonds is 6. The zero-order chi connectivity index (χ0) is 15.9. The molecule has 0 aliphatic carbocycles. The molecule has 3 N–H and O–H groups in total. The Morgan fingerprint density at radius 3 is 2.33 bits per heavy atom. The van der Waals surface area contributed by atoms with Gasteiger partial charge < -0.3 is 16.0 Å². The van der Waals surface area contributed by atoms with Crippen LogP contribution in [0, 0.1) is 0 Å². The molecule has 2 amide bonds. The van der Waals surface area contributed by atoms with Crippen molar-refractivity contribution >= 4 is 11.7 Å². The Kier molecular flexibility index (Phi) is 6.48. The quantitative estimate of drug-likeness (QED) is 0.792. The van der Waals surface area contributed by atoms with Gasteiger partial charge in [0.15, 0.2) is 0 Å². The van der Waals surface area contributed by atoms with E-state index >= 15 is 0 Å². The summed E-state index contributed by atoms with van der Waals surface area (Å²) in [7, 11) is 1.64. The molecule has 118 valence electrons. The van der Waals surface area contributed by atoms with Gasteiger partial charge in [0.25, 0.3) is 0 Å². The topological polar surface area (TPSA) is 58.4 Å². The number of halogens is 3. The zero-order valence-corrected chi connectivity index (χ0v) is 11.9. The molecule has 1 aromatic carbocycles. The highest BCUT2D eigenvalue weighted by Gasteiger charge is 2.30. The number of nitrogens with zero attached hydrogens (tertiary/aromatic N) is 1. The fraction of sp³-hybridized carbons (Fsp3) is 0.500. The van der Waals surface area contributed by atoms with E-state index < -0.39 is 11.7 Å². The van der Waals surface area contributed by atoms with Crippen LogP contribution < -0.4 is 11.1 Å². The van der Waals surface area contributed by atoms with E-state index in [-0.39, 0.29) is 6.03 Å². The lowest BCUT2D eigenvalue weighted by molar-refractivity contribution is -0.137. The molecular weight excluding hydrogens is 283 g/mol. The first-order valence-electron chi connectivity index (χ1n) is 6.74. The average molecular weight is 303 g/mol. The van der Waals surface area contributed by atoms with Crippen LogP contribution in [0.1, 0.15) is 24.8 Å². The van der Waals surface area contributed by atoms with E-state index in [1.54, 1.807) is 7.05 Å². The molecule has 1 rings (SSSR count). The van der Waals surface area contributed by atoms with Crippen molar-refractivity contribution < 1.29 is 18.0 Å². The normalized spacial score (nSPS) is 11.3. The number of urea groups is 1. The molecule has 0 aliphatic rings. The Hall–Kier alpha value is -1.76. The van der Waals surface area contributed by atoms with Gasteiger partial charge in [-0.1, -0.05) is 6.42 Å². The third kappa shape index (κ3) is 6.03. The molecule has 0 saturated heterocycles. The van der Waals surface area contributed by atoms with E-state index in [1.807, 2.05) is 0 Å². The second kappa shape index (κ2) is 7.87. The molecule has 4 nitrogen and oxygen atoms in total. The fourth-order valence-electron chi connectivity index (χ4n) is 1.73. The minimum absolute atomic E-state index is 0.335. The number of nitrogens with two attached hydrogens (primary N) is 1. The minimum atomic E-state index is -4.37. The molecule has 0 bridgehead atoms. The van der Waals surface area contributed by atoms with Crippen LogP contribution >= 0.6 is 0 Å². The van der Waals surface area contributed by atoms with Crippen molar-refractivity contribution in [3.63, 3.8) is 0 Å². The second-order valence-electron chi connectivity index (χ2n) is 4.78. The number of nitrogens with one attached hydrogen (secondary N) is 1. The smallest absolute Gasteiger partial charge is 0.330 e. The molecule has 0 aromatic heterocycles. The third-order valence-corrected chi connectivity index (χ3v) is 3.01. The molecule has 0 atom stereocenters. The maximum Gasteiger partial charge on any atom is 0.416 e. The molecule has 21 heavy (non-hydrogen) atoms. The molecular formula is C14H20F3N3O. The number of carbonyl (C=O) groups excluding carboxylic acids is 1. The summed E-state index contributed by atoms with van der Waals surface area (Å²) in [4.78, 5) is 13.3. The standard InChI is InChI=1S/C14H20F3N3O/c1-20(10-4-2-3-9-18)13(21)19-12-7-5-11(6-8-12)14(15,16)17/h5-8H,2-4,9-10,18H2,1H3,(H,19,21). The van der Waals surface area contributed by atoms with E-state index in [2.05, 4.69) is 5.32 Å². The van der Waals surface area contributed by atoms with E-state index in [1.165, 1.54) is 17.0 Å². The van der Waals surface area contributed by atoms with Gasteiger partial charge in [0.2, 0.25) is 0 Å². The van der Waals surface area contributed by atoms with Gasteiger partial charge in [-0.3, -0.25) is 0 Å². The van der Waals surface area contributed by atoms with Crippen molar-refractivity contribution in [3.8, 4) is 0 Å². The average Bonchev–Trinajstić information content (AvgIpc) is 2.43. The van der Waals surface area contributed by atoms with Crippen LogP contribution in [0.5, 0.6) is 0 Å². The van der Waals surface area contributed by atoms with E-state index in [0.717, 1.165) is 31.4 Å². The summed E-state index contributed by atoms with van der Waals surface area (Å²) < 4.78 is 37.2. The lowest BCUT2D eigenvalue weighted by Gasteiger charge is -2.18. The van der Waals surface area contributed by atoms with Gasteiger partial charge in [-0.05, 0) is 43.7 Å². The molecule has 7 heteroatoms. The van der Waals surface area contributed by atoms with Crippen LogP contribution in [0.25, 0.3) is 0 Å². The molecule has 0 aliphatic heterocycles. The second-order valence-corrected chi connectivity index (χ2v) is 4.78. The van der Waals surface area contributed by atoms with E-state index in [9.17, 15) is 18.0 Å². The van der Waals surface area contributed by atoms with Gasteiger partial charge in [0.1, 0.15) is 0 Å². The van der Waals surface area contributed by atoms with Crippen LogP contribution in [0.4, 0.5) is 23.7 Å². The third-order valence-electron chi connectivity index (χ3n) is 3.01. The van der Waals surface area contributed by atoms with Crippen LogP contribution in [-0.4, -0.2) is 31.1 Å². The van der Waals surface area contributed by atoms with Crippen LogP contribution in [0.3, 0.4) is 0 Å². The number of alkyl halides is 3. The first kappa shape index (κ1) is 17.3. The monoisotopic (exact) mass is 303 g/mol. The van der Waals surface area contributed by atoms with Gasteiger partial charge in [0.05, 0.1) is 5.56 Å². The molecule has 0 spiro atoms. The number of benzene rings is 1. The van der Waals surface area contributed by atoms with E-state index in [4.69, 9.17) is 5.73 Å². The van der Waals surface area contributed by atoms with Crippen molar-refractivity contribution in [1.29, 1.82) is 0 Å².